The zero-order valence-corrected chi connectivity index (χ0v) is 8.86. The highest BCUT2D eigenvalue weighted by Crippen LogP contribution is 2.46. The summed E-state index contributed by atoms with van der Waals surface area (Å²) in [5.74, 6) is 2.01. The van der Waals surface area contributed by atoms with Crippen molar-refractivity contribution < 1.29 is 4.79 Å². The first-order valence-electron chi connectivity index (χ1n) is 5.92. The average molecular weight is 200 g/mol. The van der Waals surface area contributed by atoms with E-state index >= 15 is 0 Å². The second kappa shape index (κ2) is 3.48. The van der Waals surface area contributed by atoms with Crippen molar-refractivity contribution in [3.63, 3.8) is 0 Å². The van der Waals surface area contributed by atoms with Crippen LogP contribution in [0.25, 0.3) is 0 Å². The smallest absolute Gasteiger partial charge is 0.139 e. The van der Waals surface area contributed by atoms with E-state index < -0.39 is 0 Å². The summed E-state index contributed by atoms with van der Waals surface area (Å²) in [6.07, 6.45) is 4.60. The maximum Gasteiger partial charge on any atom is 0.139 e. The molecule has 1 heteroatoms. The Hall–Kier alpha value is -1.11. The Kier molecular flexibility index (Phi) is 2.12. The molecule has 0 heterocycles. The number of carbonyl (C=O) groups is 1. The van der Waals surface area contributed by atoms with Gasteiger partial charge in [-0.2, -0.15) is 0 Å². The molecular formula is C14H16O. The van der Waals surface area contributed by atoms with Crippen LogP contribution in [0, 0.1) is 17.8 Å². The fourth-order valence-electron chi connectivity index (χ4n) is 3.31. The molecule has 2 aliphatic rings. The predicted molar refractivity (Wildman–Crippen MR) is 59.5 cm³/mol. The molecule has 2 bridgehead atoms. The van der Waals surface area contributed by atoms with Crippen molar-refractivity contribution in [2.24, 2.45) is 17.8 Å². The van der Waals surface area contributed by atoms with Crippen molar-refractivity contribution in [3.8, 4) is 0 Å². The molecular weight excluding hydrogens is 184 g/mol. The normalized spacial score (nSPS) is 33.6. The number of ketones is 1. The third-order valence-corrected chi connectivity index (χ3v) is 4.11. The molecule has 1 aromatic rings. The van der Waals surface area contributed by atoms with Crippen LogP contribution in [0.4, 0.5) is 0 Å². The second-order valence-corrected chi connectivity index (χ2v) is 4.97. The lowest BCUT2D eigenvalue weighted by Crippen LogP contribution is -2.23. The summed E-state index contributed by atoms with van der Waals surface area (Å²) in [4.78, 5) is 12.0. The van der Waals surface area contributed by atoms with Crippen LogP contribution in [-0.2, 0) is 11.2 Å². The first-order chi connectivity index (χ1) is 7.34. The SMILES string of the molecule is O=C1[C@@H]2CC[C@@H](C2)[C@H]1Cc1ccccc1. The molecule has 15 heavy (non-hydrogen) atoms. The molecule has 3 atom stereocenters. The zero-order valence-electron chi connectivity index (χ0n) is 8.86. The van der Waals surface area contributed by atoms with Crippen LogP contribution < -0.4 is 0 Å². The minimum atomic E-state index is 0.339. The Labute approximate surface area is 90.5 Å². The molecule has 2 aliphatic carbocycles. The van der Waals surface area contributed by atoms with Crippen molar-refractivity contribution in [2.45, 2.75) is 25.7 Å². The van der Waals surface area contributed by atoms with Gasteiger partial charge in [0.1, 0.15) is 5.78 Å². The first kappa shape index (κ1) is 9.14. The van der Waals surface area contributed by atoms with E-state index in [2.05, 4.69) is 24.3 Å². The highest BCUT2D eigenvalue weighted by Gasteiger charge is 2.46. The highest BCUT2D eigenvalue weighted by atomic mass is 16.1. The Morgan fingerprint density at radius 1 is 1.13 bits per heavy atom. The summed E-state index contributed by atoms with van der Waals surface area (Å²) < 4.78 is 0. The summed E-state index contributed by atoms with van der Waals surface area (Å²) in [7, 11) is 0. The van der Waals surface area contributed by atoms with E-state index in [0.29, 0.717) is 23.5 Å². The van der Waals surface area contributed by atoms with Crippen molar-refractivity contribution in [3.05, 3.63) is 35.9 Å². The van der Waals surface area contributed by atoms with Gasteiger partial charge in [-0.3, -0.25) is 4.79 Å². The molecule has 2 fully saturated rings. The van der Waals surface area contributed by atoms with Crippen molar-refractivity contribution in [1.29, 1.82) is 0 Å². The minimum Gasteiger partial charge on any atom is -0.299 e. The molecule has 78 valence electrons. The number of Topliss-reactive ketones (excluding diaryl/α,β-unsaturated/α-hetero) is 1. The van der Waals surface area contributed by atoms with Gasteiger partial charge >= 0.3 is 0 Å². The molecule has 1 nitrogen and oxygen atoms in total. The van der Waals surface area contributed by atoms with Crippen LogP contribution in [0.15, 0.2) is 30.3 Å². The summed E-state index contributed by atoms with van der Waals surface area (Å²) in [5.41, 5.74) is 1.32. The van der Waals surface area contributed by atoms with E-state index in [-0.39, 0.29) is 0 Å². The molecule has 1 aromatic carbocycles. The third-order valence-electron chi connectivity index (χ3n) is 4.11. The average Bonchev–Trinajstić information content (AvgIpc) is 2.84. The molecule has 0 amide bonds. The minimum absolute atomic E-state index is 0.339. The van der Waals surface area contributed by atoms with Gasteiger partial charge in [-0.1, -0.05) is 30.3 Å². The van der Waals surface area contributed by atoms with Crippen LogP contribution >= 0.6 is 0 Å². The number of benzene rings is 1. The van der Waals surface area contributed by atoms with Crippen LogP contribution in [0.5, 0.6) is 0 Å². The van der Waals surface area contributed by atoms with Crippen molar-refractivity contribution in [1.82, 2.24) is 0 Å². The molecule has 0 aromatic heterocycles. The third kappa shape index (κ3) is 1.50. The Balaban J connectivity index is 1.77. The maximum atomic E-state index is 12.0. The lowest BCUT2D eigenvalue weighted by atomic mass is 9.83. The number of carbonyl (C=O) groups excluding carboxylic acids is 1. The van der Waals surface area contributed by atoms with Gasteiger partial charge in [-0.05, 0) is 37.2 Å². The number of hydrogen-bond acceptors (Lipinski definition) is 1. The Morgan fingerprint density at radius 3 is 2.60 bits per heavy atom. The molecule has 0 N–H and O–H groups in total. The number of rotatable bonds is 2. The summed E-state index contributed by atoms with van der Waals surface area (Å²) in [6.45, 7) is 0. The zero-order chi connectivity index (χ0) is 10.3. The molecule has 0 spiro atoms. The Bertz CT molecular complexity index is 368. The van der Waals surface area contributed by atoms with Gasteiger partial charge in [0.15, 0.2) is 0 Å². The Morgan fingerprint density at radius 2 is 1.93 bits per heavy atom. The molecule has 0 saturated heterocycles. The topological polar surface area (TPSA) is 17.1 Å². The van der Waals surface area contributed by atoms with Gasteiger partial charge in [-0.25, -0.2) is 0 Å². The molecule has 0 radical (unpaired) electrons. The fraction of sp³-hybridized carbons (Fsp3) is 0.500. The van der Waals surface area contributed by atoms with Gasteiger partial charge < -0.3 is 0 Å². The van der Waals surface area contributed by atoms with E-state index in [0.717, 1.165) is 12.8 Å². The maximum absolute atomic E-state index is 12.0. The summed E-state index contributed by atoms with van der Waals surface area (Å²) in [6, 6.07) is 10.4. The van der Waals surface area contributed by atoms with Gasteiger partial charge in [0.25, 0.3) is 0 Å². The van der Waals surface area contributed by atoms with Gasteiger partial charge in [0.2, 0.25) is 0 Å². The fourth-order valence-corrected chi connectivity index (χ4v) is 3.31. The van der Waals surface area contributed by atoms with Crippen LogP contribution in [0.2, 0.25) is 0 Å². The molecule has 2 saturated carbocycles. The van der Waals surface area contributed by atoms with Crippen molar-refractivity contribution >= 4 is 5.78 Å². The van der Waals surface area contributed by atoms with Crippen molar-refractivity contribution in [2.75, 3.05) is 0 Å². The van der Waals surface area contributed by atoms with Crippen LogP contribution in [-0.4, -0.2) is 5.78 Å². The monoisotopic (exact) mass is 200 g/mol. The quantitative estimate of drug-likeness (QED) is 0.717. The van der Waals surface area contributed by atoms with Crippen LogP contribution in [0.3, 0.4) is 0 Å². The second-order valence-electron chi connectivity index (χ2n) is 4.97. The first-order valence-corrected chi connectivity index (χ1v) is 5.92. The number of fused-ring (bicyclic) bond motifs is 2. The standard InChI is InChI=1S/C14H16O/c15-14-12-7-6-11(9-12)13(14)8-10-4-2-1-3-5-10/h1-5,11-13H,6-9H2/t11-,12+,13+/m0/s1. The lowest BCUT2D eigenvalue weighted by molar-refractivity contribution is -0.125. The van der Waals surface area contributed by atoms with Crippen LogP contribution in [0.1, 0.15) is 24.8 Å². The van der Waals surface area contributed by atoms with E-state index in [1.165, 1.54) is 18.4 Å². The molecule has 0 aliphatic heterocycles. The molecule has 0 unspecified atom stereocenters. The summed E-state index contributed by atoms with van der Waals surface area (Å²) >= 11 is 0. The summed E-state index contributed by atoms with van der Waals surface area (Å²) in [5, 5.41) is 0. The van der Waals surface area contributed by atoms with E-state index in [4.69, 9.17) is 0 Å². The predicted octanol–water partition coefficient (Wildman–Crippen LogP) is 2.84. The lowest BCUT2D eigenvalue weighted by Gasteiger charge is -2.20. The van der Waals surface area contributed by atoms with Gasteiger partial charge in [0.05, 0.1) is 0 Å². The highest BCUT2D eigenvalue weighted by molar-refractivity contribution is 5.87. The van der Waals surface area contributed by atoms with Gasteiger partial charge in [0, 0.05) is 11.8 Å². The largest absolute Gasteiger partial charge is 0.299 e. The molecule has 3 rings (SSSR count). The van der Waals surface area contributed by atoms with Gasteiger partial charge in [-0.15, -0.1) is 0 Å². The van der Waals surface area contributed by atoms with E-state index in [9.17, 15) is 4.79 Å². The van der Waals surface area contributed by atoms with E-state index in [1.807, 2.05) is 6.07 Å². The number of hydrogen-bond donors (Lipinski definition) is 0. The van der Waals surface area contributed by atoms with E-state index in [1.54, 1.807) is 0 Å².